The number of hydrogen-bond donors (Lipinski definition) is 2. The number of anilines is 2. The second kappa shape index (κ2) is 16.2. The minimum absolute atomic E-state index is 0.0853. The Morgan fingerprint density at radius 3 is 2.52 bits per heavy atom. The van der Waals surface area contributed by atoms with Gasteiger partial charge in [0.25, 0.3) is 0 Å². The molecular formula is C30H41F2N9O4S. The molecule has 2 aromatic heterocycles. The van der Waals surface area contributed by atoms with E-state index in [0.29, 0.717) is 31.2 Å². The van der Waals surface area contributed by atoms with Gasteiger partial charge in [-0.3, -0.25) is 14.4 Å². The summed E-state index contributed by atoms with van der Waals surface area (Å²) in [6.45, 7) is 3.00. The molecule has 0 saturated carbocycles. The Morgan fingerprint density at radius 2 is 1.85 bits per heavy atom. The zero-order chi connectivity index (χ0) is 32.5. The van der Waals surface area contributed by atoms with Gasteiger partial charge in [-0.15, -0.1) is 0 Å². The van der Waals surface area contributed by atoms with Gasteiger partial charge in [0.2, 0.25) is 11.9 Å². The molecule has 3 aromatic rings. The predicted molar refractivity (Wildman–Crippen MR) is 171 cm³/mol. The molecule has 0 radical (unpaired) electrons. The van der Waals surface area contributed by atoms with Gasteiger partial charge in [-0.2, -0.15) is 13.9 Å². The molecular weight excluding hydrogens is 620 g/mol. The summed E-state index contributed by atoms with van der Waals surface area (Å²) in [5.41, 5.74) is 1.98. The molecule has 1 aromatic carbocycles. The topological polar surface area (TPSA) is 138 Å². The van der Waals surface area contributed by atoms with E-state index in [1.165, 1.54) is 12.4 Å². The molecule has 2 saturated heterocycles. The number of ether oxygens (including phenoxy) is 1. The van der Waals surface area contributed by atoms with E-state index >= 15 is 0 Å². The minimum atomic E-state index is -2.91. The highest BCUT2D eigenvalue weighted by molar-refractivity contribution is 7.82. The van der Waals surface area contributed by atoms with Crippen molar-refractivity contribution in [3.05, 3.63) is 36.8 Å². The minimum Gasteiger partial charge on any atom is -0.432 e. The van der Waals surface area contributed by atoms with Crippen molar-refractivity contribution in [3.8, 4) is 5.75 Å². The predicted octanol–water partition coefficient (Wildman–Crippen LogP) is 2.45. The van der Waals surface area contributed by atoms with E-state index in [0.717, 1.165) is 74.9 Å². The molecule has 2 fully saturated rings. The van der Waals surface area contributed by atoms with Crippen LogP contribution >= 0.6 is 0 Å². The summed E-state index contributed by atoms with van der Waals surface area (Å²) in [6.07, 6.45) is 8.13. The highest BCUT2D eigenvalue weighted by Crippen LogP contribution is 2.26. The van der Waals surface area contributed by atoms with Crippen LogP contribution in [-0.4, -0.2) is 117 Å². The lowest BCUT2D eigenvalue weighted by Crippen LogP contribution is -2.47. The van der Waals surface area contributed by atoms with Crippen molar-refractivity contribution < 1.29 is 27.3 Å². The molecule has 5 rings (SSSR count). The summed E-state index contributed by atoms with van der Waals surface area (Å²) in [6, 6.07) is 5.79. The number of nitrogens with zero attached hydrogens (tertiary/aromatic N) is 7. The summed E-state index contributed by atoms with van der Waals surface area (Å²) in [4.78, 5) is 36.2. The highest BCUT2D eigenvalue weighted by Gasteiger charge is 2.24. The molecule has 1 amide bonds. The molecule has 46 heavy (non-hydrogen) atoms. The van der Waals surface area contributed by atoms with Crippen LogP contribution in [-0.2, 0) is 20.6 Å². The van der Waals surface area contributed by atoms with E-state index in [-0.39, 0.29) is 24.1 Å². The van der Waals surface area contributed by atoms with E-state index < -0.39 is 23.6 Å². The fraction of sp³-hybridized carbons (Fsp3) is 0.567. The molecule has 0 aliphatic carbocycles. The summed E-state index contributed by atoms with van der Waals surface area (Å²) in [5.74, 6) is 0.793. The van der Waals surface area contributed by atoms with Crippen molar-refractivity contribution in [2.75, 3.05) is 68.8 Å². The van der Waals surface area contributed by atoms with Crippen molar-refractivity contribution in [1.82, 2.24) is 34.3 Å². The van der Waals surface area contributed by atoms with Crippen LogP contribution in [0.1, 0.15) is 38.1 Å². The number of alkyl halides is 2. The zero-order valence-corrected chi connectivity index (χ0v) is 26.7. The van der Waals surface area contributed by atoms with Gasteiger partial charge in [0, 0.05) is 75.6 Å². The quantitative estimate of drug-likeness (QED) is 0.234. The van der Waals surface area contributed by atoms with Crippen LogP contribution in [0.25, 0.3) is 10.9 Å². The smallest absolute Gasteiger partial charge is 0.387 e. The molecule has 4 heterocycles. The molecule has 2 atom stereocenters. The fourth-order valence-corrected chi connectivity index (χ4v) is 7.12. The van der Waals surface area contributed by atoms with Crippen LogP contribution in [0.2, 0.25) is 0 Å². The SMILES string of the molecule is CNC(=O)CCC(C=O)n1ncc2cc(N3CCN(CCCS(=O)N4CCC(Nc5ncc(OC(F)F)cn5)CC4)CC3)ccc21. The maximum absolute atomic E-state index is 13.0. The van der Waals surface area contributed by atoms with E-state index in [1.807, 2.05) is 10.4 Å². The lowest BCUT2D eigenvalue weighted by molar-refractivity contribution is -0.121. The number of carbonyl (C=O) groups excluding carboxylic acids is 2. The van der Waals surface area contributed by atoms with Gasteiger partial charge < -0.3 is 25.1 Å². The van der Waals surface area contributed by atoms with Gasteiger partial charge in [-0.1, -0.05) is 0 Å². The molecule has 2 unspecified atom stereocenters. The van der Waals surface area contributed by atoms with Gasteiger partial charge in [0.05, 0.1) is 35.1 Å². The molecule has 13 nitrogen and oxygen atoms in total. The highest BCUT2D eigenvalue weighted by atomic mass is 32.2. The Kier molecular flexibility index (Phi) is 11.8. The number of aldehydes is 1. The standard InChI is InChI=1S/C30H41F2N9O4S/c1-33-28(43)6-4-25(21-42)41-27-5-3-24(17-22(27)18-36-41)39-14-12-38(13-15-39)9-2-16-46(44)40-10-7-23(8-11-40)37-30-34-19-26(20-35-30)45-29(31)32/h3,5,17-21,23,25,29H,2,4,6-16H2,1H3,(H,33,43)(H,34,35,37). The lowest BCUT2D eigenvalue weighted by atomic mass is 10.1. The summed E-state index contributed by atoms with van der Waals surface area (Å²) in [7, 11) is 0.545. The first kappa shape index (κ1) is 33.6. The molecule has 0 bridgehead atoms. The number of benzene rings is 1. The number of nitrogens with one attached hydrogen (secondary N) is 2. The number of halogens is 2. The van der Waals surface area contributed by atoms with Crippen molar-refractivity contribution in [1.29, 1.82) is 0 Å². The van der Waals surface area contributed by atoms with Crippen molar-refractivity contribution in [3.63, 3.8) is 0 Å². The number of piperazine rings is 1. The third kappa shape index (κ3) is 8.94. The second-order valence-electron chi connectivity index (χ2n) is 11.4. The van der Waals surface area contributed by atoms with Gasteiger partial charge >= 0.3 is 6.61 Å². The molecule has 250 valence electrons. The second-order valence-corrected chi connectivity index (χ2v) is 13.0. The summed E-state index contributed by atoms with van der Waals surface area (Å²) in [5, 5.41) is 11.2. The Labute approximate surface area is 269 Å². The maximum atomic E-state index is 13.0. The maximum Gasteiger partial charge on any atom is 0.387 e. The number of fused-ring (bicyclic) bond motifs is 1. The Morgan fingerprint density at radius 1 is 1.11 bits per heavy atom. The van der Waals surface area contributed by atoms with E-state index in [4.69, 9.17) is 0 Å². The first-order valence-electron chi connectivity index (χ1n) is 15.6. The largest absolute Gasteiger partial charge is 0.432 e. The van der Waals surface area contributed by atoms with E-state index in [1.54, 1.807) is 17.9 Å². The lowest BCUT2D eigenvalue weighted by Gasteiger charge is -2.36. The summed E-state index contributed by atoms with van der Waals surface area (Å²) < 4.78 is 45.6. The number of carbonyl (C=O) groups is 2. The average molecular weight is 662 g/mol. The first-order chi connectivity index (χ1) is 22.3. The summed E-state index contributed by atoms with van der Waals surface area (Å²) >= 11 is 0. The van der Waals surface area contributed by atoms with Gasteiger partial charge in [-0.05, 0) is 50.4 Å². The Balaban J connectivity index is 1.00. The number of amides is 1. The number of hydrogen-bond acceptors (Lipinski definition) is 10. The molecule has 2 aliphatic heterocycles. The zero-order valence-electron chi connectivity index (χ0n) is 25.9. The van der Waals surface area contributed by atoms with Gasteiger partial charge in [-0.25, -0.2) is 18.5 Å². The number of piperidine rings is 1. The Bertz CT molecular complexity index is 1460. The van der Waals surface area contributed by atoms with Gasteiger partial charge in [0.1, 0.15) is 12.3 Å². The van der Waals surface area contributed by atoms with Crippen LogP contribution in [0, 0.1) is 0 Å². The fourth-order valence-electron chi connectivity index (χ4n) is 5.86. The van der Waals surface area contributed by atoms with E-state index in [9.17, 15) is 22.6 Å². The number of aromatic nitrogens is 4. The van der Waals surface area contributed by atoms with Crippen LogP contribution in [0.4, 0.5) is 20.4 Å². The van der Waals surface area contributed by atoms with Crippen LogP contribution in [0.15, 0.2) is 36.8 Å². The first-order valence-corrected chi connectivity index (χ1v) is 16.9. The Hall–Kier alpha value is -3.76. The monoisotopic (exact) mass is 661 g/mol. The molecule has 2 aliphatic rings. The number of rotatable bonds is 15. The third-order valence-corrected chi connectivity index (χ3v) is 10.0. The van der Waals surface area contributed by atoms with Crippen LogP contribution < -0.4 is 20.3 Å². The molecule has 2 N–H and O–H groups in total. The van der Waals surface area contributed by atoms with Gasteiger partial charge in [0.15, 0.2) is 5.75 Å². The van der Waals surface area contributed by atoms with Crippen LogP contribution in [0.5, 0.6) is 5.75 Å². The van der Waals surface area contributed by atoms with Crippen LogP contribution in [0.3, 0.4) is 0 Å². The van der Waals surface area contributed by atoms with Crippen molar-refractivity contribution in [2.45, 2.75) is 50.8 Å². The van der Waals surface area contributed by atoms with E-state index in [2.05, 4.69) is 52.4 Å². The normalized spacial score (nSPS) is 18.0. The average Bonchev–Trinajstić information content (AvgIpc) is 3.49. The van der Waals surface area contributed by atoms with Crippen molar-refractivity contribution in [2.24, 2.45) is 0 Å². The van der Waals surface area contributed by atoms with Crippen molar-refractivity contribution >= 4 is 45.7 Å². The molecule has 16 heteroatoms. The third-order valence-electron chi connectivity index (χ3n) is 8.46. The molecule has 0 spiro atoms.